The van der Waals surface area contributed by atoms with E-state index in [2.05, 4.69) is 43.4 Å². The van der Waals surface area contributed by atoms with Crippen LogP contribution >= 0.6 is 0 Å². The van der Waals surface area contributed by atoms with Gasteiger partial charge in [-0.25, -0.2) is 0 Å². The van der Waals surface area contributed by atoms with Crippen molar-refractivity contribution in [3.63, 3.8) is 0 Å². The minimum Gasteiger partial charge on any atom is -0.456 e. The Morgan fingerprint density at radius 1 is 1.35 bits per heavy atom. The first-order valence-electron chi connectivity index (χ1n) is 6.02. The molecular weight excluding hydrogens is 210 g/mol. The largest absolute Gasteiger partial charge is 0.456 e. The standard InChI is InChI=1S/C15H19NO/c1-11-6-7-14-13(9-11)10-15(17-14)12(2)5-4-8-16-3/h5-7,9-10,16H,4,8H2,1-3H3/b12-5-. The third-order valence-corrected chi connectivity index (χ3v) is 2.91. The highest BCUT2D eigenvalue weighted by atomic mass is 16.3. The third-order valence-electron chi connectivity index (χ3n) is 2.91. The Balaban J connectivity index is 2.26. The SMILES string of the molecule is CNCC/C=C(/C)c1cc2cc(C)ccc2o1. The van der Waals surface area contributed by atoms with Gasteiger partial charge in [0, 0.05) is 5.39 Å². The van der Waals surface area contributed by atoms with Crippen molar-refractivity contribution < 1.29 is 4.42 Å². The van der Waals surface area contributed by atoms with Gasteiger partial charge >= 0.3 is 0 Å². The van der Waals surface area contributed by atoms with E-state index in [1.54, 1.807) is 0 Å². The van der Waals surface area contributed by atoms with Crippen LogP contribution in [0.1, 0.15) is 24.7 Å². The molecule has 17 heavy (non-hydrogen) atoms. The summed E-state index contributed by atoms with van der Waals surface area (Å²) in [5.41, 5.74) is 3.43. The minimum absolute atomic E-state index is 0.965. The highest BCUT2D eigenvalue weighted by Gasteiger charge is 2.04. The maximum absolute atomic E-state index is 5.83. The molecule has 0 aliphatic carbocycles. The maximum Gasteiger partial charge on any atom is 0.134 e. The van der Waals surface area contributed by atoms with E-state index >= 15 is 0 Å². The van der Waals surface area contributed by atoms with E-state index in [1.807, 2.05) is 13.1 Å². The highest BCUT2D eigenvalue weighted by Crippen LogP contribution is 2.25. The fourth-order valence-corrected chi connectivity index (χ4v) is 1.89. The van der Waals surface area contributed by atoms with Gasteiger partial charge < -0.3 is 9.73 Å². The molecule has 0 aliphatic heterocycles. The molecule has 2 heteroatoms. The van der Waals surface area contributed by atoms with Crippen molar-refractivity contribution in [2.24, 2.45) is 0 Å². The fraction of sp³-hybridized carbons (Fsp3) is 0.333. The zero-order valence-corrected chi connectivity index (χ0v) is 10.7. The minimum atomic E-state index is 0.965. The summed E-state index contributed by atoms with van der Waals surface area (Å²) in [7, 11) is 1.97. The topological polar surface area (TPSA) is 25.2 Å². The van der Waals surface area contributed by atoms with Gasteiger partial charge in [-0.05, 0) is 57.6 Å². The lowest BCUT2D eigenvalue weighted by Crippen LogP contribution is -2.05. The van der Waals surface area contributed by atoms with Crippen LogP contribution in [0.3, 0.4) is 0 Å². The first kappa shape index (κ1) is 11.9. The number of fused-ring (bicyclic) bond motifs is 1. The van der Waals surface area contributed by atoms with E-state index in [4.69, 9.17) is 4.42 Å². The predicted molar refractivity (Wildman–Crippen MR) is 73.1 cm³/mol. The molecule has 1 N–H and O–H groups in total. The third kappa shape index (κ3) is 2.77. The number of allylic oxidation sites excluding steroid dienone is 1. The molecule has 0 saturated carbocycles. The zero-order chi connectivity index (χ0) is 12.3. The molecule has 90 valence electrons. The normalized spacial score (nSPS) is 12.3. The highest BCUT2D eigenvalue weighted by molar-refractivity contribution is 5.82. The Morgan fingerprint density at radius 3 is 2.94 bits per heavy atom. The molecule has 0 unspecified atom stereocenters. The van der Waals surface area contributed by atoms with Gasteiger partial charge in [0.25, 0.3) is 0 Å². The summed E-state index contributed by atoms with van der Waals surface area (Å²) in [6.45, 7) is 5.19. The molecule has 0 radical (unpaired) electrons. The molecule has 1 heterocycles. The van der Waals surface area contributed by atoms with Gasteiger partial charge in [-0.3, -0.25) is 0 Å². The summed E-state index contributed by atoms with van der Waals surface area (Å²) in [5, 5.41) is 4.32. The number of rotatable bonds is 4. The monoisotopic (exact) mass is 229 g/mol. The Bertz CT molecular complexity index is 537. The Morgan fingerprint density at radius 2 is 2.18 bits per heavy atom. The van der Waals surface area contributed by atoms with Crippen LogP contribution in [0.25, 0.3) is 16.5 Å². The van der Waals surface area contributed by atoms with Crippen molar-refractivity contribution in [1.82, 2.24) is 5.32 Å². The van der Waals surface area contributed by atoms with Crippen molar-refractivity contribution in [2.45, 2.75) is 20.3 Å². The van der Waals surface area contributed by atoms with Crippen LogP contribution in [0.4, 0.5) is 0 Å². The number of aryl methyl sites for hydroxylation is 1. The van der Waals surface area contributed by atoms with Gasteiger partial charge in [0.15, 0.2) is 0 Å². The molecule has 1 aromatic heterocycles. The lowest BCUT2D eigenvalue weighted by Gasteiger charge is -1.96. The molecule has 0 saturated heterocycles. The van der Waals surface area contributed by atoms with E-state index in [1.165, 1.54) is 16.5 Å². The van der Waals surface area contributed by atoms with Gasteiger partial charge in [0.1, 0.15) is 11.3 Å². The number of hydrogen-bond acceptors (Lipinski definition) is 2. The van der Waals surface area contributed by atoms with Gasteiger partial charge in [0.05, 0.1) is 0 Å². The second-order valence-electron chi connectivity index (χ2n) is 4.43. The predicted octanol–water partition coefficient (Wildman–Crippen LogP) is 3.75. The second-order valence-corrected chi connectivity index (χ2v) is 4.43. The van der Waals surface area contributed by atoms with Gasteiger partial charge in [0.2, 0.25) is 0 Å². The van der Waals surface area contributed by atoms with Crippen LogP contribution in [-0.2, 0) is 0 Å². The lowest BCUT2D eigenvalue weighted by atomic mass is 10.1. The molecule has 0 amide bonds. The molecule has 0 aliphatic rings. The second kappa shape index (κ2) is 5.19. The number of furan rings is 1. The summed E-state index contributed by atoms with van der Waals surface area (Å²) in [5.74, 6) is 0.974. The Hall–Kier alpha value is -1.54. The van der Waals surface area contributed by atoms with Crippen molar-refractivity contribution in [2.75, 3.05) is 13.6 Å². The molecule has 0 atom stereocenters. The molecule has 2 rings (SSSR count). The van der Waals surface area contributed by atoms with Gasteiger partial charge in [-0.1, -0.05) is 17.7 Å². The van der Waals surface area contributed by atoms with Crippen molar-refractivity contribution in [3.05, 3.63) is 41.7 Å². The number of nitrogens with one attached hydrogen (secondary N) is 1. The Labute approximate surface area is 102 Å². The van der Waals surface area contributed by atoms with Crippen molar-refractivity contribution in [1.29, 1.82) is 0 Å². The van der Waals surface area contributed by atoms with Crippen molar-refractivity contribution in [3.8, 4) is 0 Å². The van der Waals surface area contributed by atoms with Gasteiger partial charge in [-0.2, -0.15) is 0 Å². The number of benzene rings is 1. The van der Waals surface area contributed by atoms with E-state index < -0.39 is 0 Å². The van der Waals surface area contributed by atoms with E-state index in [-0.39, 0.29) is 0 Å². The average Bonchev–Trinajstić information content (AvgIpc) is 2.72. The van der Waals surface area contributed by atoms with Crippen LogP contribution < -0.4 is 5.32 Å². The first-order chi connectivity index (χ1) is 8.20. The number of hydrogen-bond donors (Lipinski definition) is 1. The van der Waals surface area contributed by atoms with Crippen LogP contribution in [0, 0.1) is 6.92 Å². The summed E-state index contributed by atoms with van der Waals surface area (Å²) >= 11 is 0. The summed E-state index contributed by atoms with van der Waals surface area (Å²) < 4.78 is 5.83. The molecule has 0 bridgehead atoms. The fourth-order valence-electron chi connectivity index (χ4n) is 1.89. The molecule has 0 spiro atoms. The van der Waals surface area contributed by atoms with Crippen LogP contribution in [-0.4, -0.2) is 13.6 Å². The van der Waals surface area contributed by atoms with E-state index in [0.29, 0.717) is 0 Å². The molecule has 0 fully saturated rings. The molecular formula is C15H19NO. The first-order valence-corrected chi connectivity index (χ1v) is 6.02. The van der Waals surface area contributed by atoms with Crippen LogP contribution in [0.15, 0.2) is 34.8 Å². The van der Waals surface area contributed by atoms with E-state index in [0.717, 1.165) is 24.3 Å². The average molecular weight is 229 g/mol. The Kier molecular flexibility index (Phi) is 3.64. The van der Waals surface area contributed by atoms with E-state index in [9.17, 15) is 0 Å². The van der Waals surface area contributed by atoms with Crippen molar-refractivity contribution >= 4 is 16.5 Å². The smallest absolute Gasteiger partial charge is 0.134 e. The summed E-state index contributed by atoms with van der Waals surface area (Å²) in [6, 6.07) is 8.39. The molecule has 2 nitrogen and oxygen atoms in total. The summed E-state index contributed by atoms with van der Waals surface area (Å²) in [6.07, 6.45) is 3.24. The van der Waals surface area contributed by atoms with Gasteiger partial charge in [-0.15, -0.1) is 0 Å². The quantitative estimate of drug-likeness (QED) is 0.808. The lowest BCUT2D eigenvalue weighted by molar-refractivity contribution is 0.599. The maximum atomic E-state index is 5.83. The van der Waals surface area contributed by atoms with Crippen LogP contribution in [0.5, 0.6) is 0 Å². The molecule has 1 aromatic carbocycles. The molecule has 2 aromatic rings. The summed E-state index contributed by atoms with van der Waals surface area (Å²) in [4.78, 5) is 0. The van der Waals surface area contributed by atoms with Crippen LogP contribution in [0.2, 0.25) is 0 Å². The zero-order valence-electron chi connectivity index (χ0n) is 10.7.